The van der Waals surface area contributed by atoms with Gasteiger partial charge in [-0.1, -0.05) is 6.42 Å². The van der Waals surface area contributed by atoms with Crippen LogP contribution in [0.2, 0.25) is 0 Å². The molecular formula is C11H23NO2S. The van der Waals surface area contributed by atoms with Gasteiger partial charge in [0.05, 0.1) is 6.61 Å². The molecule has 90 valence electrons. The SMILES string of the molecule is COCCCSC1CCCC(N)(CO)C1. The topological polar surface area (TPSA) is 55.5 Å². The predicted octanol–water partition coefficient (Wildman–Crippen LogP) is 1.39. The maximum atomic E-state index is 9.22. The van der Waals surface area contributed by atoms with Crippen LogP contribution in [0.25, 0.3) is 0 Å². The van der Waals surface area contributed by atoms with Gasteiger partial charge in [-0.15, -0.1) is 0 Å². The molecule has 0 aromatic heterocycles. The van der Waals surface area contributed by atoms with Gasteiger partial charge in [0.2, 0.25) is 0 Å². The summed E-state index contributed by atoms with van der Waals surface area (Å²) in [6.45, 7) is 0.968. The van der Waals surface area contributed by atoms with Gasteiger partial charge < -0.3 is 15.6 Å². The number of nitrogens with two attached hydrogens (primary N) is 1. The number of ether oxygens (including phenoxy) is 1. The van der Waals surface area contributed by atoms with E-state index in [0.29, 0.717) is 5.25 Å². The number of methoxy groups -OCH3 is 1. The average Bonchev–Trinajstić information content (AvgIpc) is 2.25. The number of hydrogen-bond acceptors (Lipinski definition) is 4. The van der Waals surface area contributed by atoms with Crippen LogP contribution in [0.5, 0.6) is 0 Å². The second-order valence-electron chi connectivity index (χ2n) is 4.46. The highest BCUT2D eigenvalue weighted by atomic mass is 32.2. The van der Waals surface area contributed by atoms with Crippen LogP contribution in [-0.2, 0) is 4.74 Å². The Kier molecular flexibility index (Phi) is 5.97. The normalized spacial score (nSPS) is 31.8. The molecule has 1 saturated carbocycles. The van der Waals surface area contributed by atoms with Crippen LogP contribution in [0.15, 0.2) is 0 Å². The Labute approximate surface area is 96.8 Å². The second kappa shape index (κ2) is 6.74. The summed E-state index contributed by atoms with van der Waals surface area (Å²) in [5, 5.41) is 9.86. The maximum absolute atomic E-state index is 9.22. The van der Waals surface area contributed by atoms with Crippen molar-refractivity contribution in [3.05, 3.63) is 0 Å². The molecule has 2 unspecified atom stereocenters. The second-order valence-corrected chi connectivity index (χ2v) is 5.86. The summed E-state index contributed by atoms with van der Waals surface area (Å²) in [6.07, 6.45) is 5.43. The van der Waals surface area contributed by atoms with E-state index in [1.54, 1.807) is 7.11 Å². The van der Waals surface area contributed by atoms with Crippen LogP contribution >= 0.6 is 11.8 Å². The summed E-state index contributed by atoms with van der Waals surface area (Å²) in [6, 6.07) is 0. The van der Waals surface area contributed by atoms with Gasteiger partial charge in [-0.05, 0) is 31.4 Å². The molecule has 0 aliphatic heterocycles. The zero-order valence-electron chi connectivity index (χ0n) is 9.58. The van der Waals surface area contributed by atoms with Crippen molar-refractivity contribution in [2.24, 2.45) is 5.73 Å². The number of thioether (sulfide) groups is 1. The number of rotatable bonds is 6. The van der Waals surface area contributed by atoms with Crippen LogP contribution in [0, 0.1) is 0 Å². The summed E-state index contributed by atoms with van der Waals surface area (Å²) < 4.78 is 5.02. The lowest BCUT2D eigenvalue weighted by atomic mass is 9.83. The molecule has 0 amide bonds. The molecule has 0 spiro atoms. The quantitative estimate of drug-likeness (QED) is 0.681. The van der Waals surface area contributed by atoms with Gasteiger partial charge in [-0.2, -0.15) is 11.8 Å². The molecule has 15 heavy (non-hydrogen) atoms. The van der Waals surface area contributed by atoms with E-state index in [9.17, 15) is 5.11 Å². The van der Waals surface area contributed by atoms with E-state index in [1.807, 2.05) is 11.8 Å². The Morgan fingerprint density at radius 3 is 3.07 bits per heavy atom. The molecule has 3 N–H and O–H groups in total. The van der Waals surface area contributed by atoms with Gasteiger partial charge in [0, 0.05) is 24.5 Å². The number of hydrogen-bond donors (Lipinski definition) is 2. The van der Waals surface area contributed by atoms with Gasteiger partial charge in [0.15, 0.2) is 0 Å². The van der Waals surface area contributed by atoms with Gasteiger partial charge in [-0.3, -0.25) is 0 Å². The monoisotopic (exact) mass is 233 g/mol. The van der Waals surface area contributed by atoms with Gasteiger partial charge in [-0.25, -0.2) is 0 Å². The standard InChI is InChI=1S/C11H23NO2S/c1-14-6-3-7-15-10-4-2-5-11(12,8-10)9-13/h10,13H,2-9,12H2,1H3. The Bertz CT molecular complexity index is 180. The maximum Gasteiger partial charge on any atom is 0.0611 e. The lowest BCUT2D eigenvalue weighted by molar-refractivity contribution is 0.159. The van der Waals surface area contributed by atoms with Crippen molar-refractivity contribution in [1.29, 1.82) is 0 Å². The summed E-state index contributed by atoms with van der Waals surface area (Å²) >= 11 is 1.98. The molecule has 3 nitrogen and oxygen atoms in total. The first kappa shape index (κ1) is 13.3. The molecule has 0 saturated heterocycles. The van der Waals surface area contributed by atoms with E-state index in [-0.39, 0.29) is 12.1 Å². The van der Waals surface area contributed by atoms with Crippen LogP contribution in [-0.4, -0.2) is 42.0 Å². The summed E-state index contributed by atoms with van der Waals surface area (Å²) in [5.74, 6) is 1.14. The first-order valence-electron chi connectivity index (χ1n) is 5.70. The average molecular weight is 233 g/mol. The molecule has 2 atom stereocenters. The molecule has 0 aromatic carbocycles. The smallest absolute Gasteiger partial charge is 0.0611 e. The van der Waals surface area contributed by atoms with Crippen LogP contribution < -0.4 is 5.73 Å². The molecule has 0 bridgehead atoms. The van der Waals surface area contributed by atoms with Crippen LogP contribution in [0.1, 0.15) is 32.1 Å². The van der Waals surface area contributed by atoms with Crippen molar-refractivity contribution >= 4 is 11.8 Å². The molecular weight excluding hydrogens is 210 g/mol. The Morgan fingerprint density at radius 1 is 1.60 bits per heavy atom. The van der Waals surface area contributed by atoms with Crippen molar-refractivity contribution in [3.63, 3.8) is 0 Å². The van der Waals surface area contributed by atoms with Crippen LogP contribution in [0.3, 0.4) is 0 Å². The van der Waals surface area contributed by atoms with Gasteiger partial charge >= 0.3 is 0 Å². The third-order valence-corrected chi connectivity index (χ3v) is 4.39. The van der Waals surface area contributed by atoms with Crippen molar-refractivity contribution in [1.82, 2.24) is 0 Å². The van der Waals surface area contributed by atoms with Crippen molar-refractivity contribution < 1.29 is 9.84 Å². The first-order chi connectivity index (χ1) is 7.20. The van der Waals surface area contributed by atoms with Gasteiger partial charge in [0.25, 0.3) is 0 Å². The Balaban J connectivity index is 2.18. The predicted molar refractivity (Wildman–Crippen MR) is 65.2 cm³/mol. The summed E-state index contributed by atoms with van der Waals surface area (Å²) in [7, 11) is 1.74. The van der Waals surface area contributed by atoms with Crippen molar-refractivity contribution in [2.75, 3.05) is 26.1 Å². The Hall–Kier alpha value is 0.230. The molecule has 0 aromatic rings. The fraction of sp³-hybridized carbons (Fsp3) is 1.00. The molecule has 1 aliphatic rings. The number of aliphatic hydroxyl groups excluding tert-OH is 1. The van der Waals surface area contributed by atoms with E-state index in [2.05, 4.69) is 0 Å². The van der Waals surface area contributed by atoms with E-state index < -0.39 is 0 Å². The van der Waals surface area contributed by atoms with E-state index in [4.69, 9.17) is 10.5 Å². The highest BCUT2D eigenvalue weighted by molar-refractivity contribution is 7.99. The highest BCUT2D eigenvalue weighted by Gasteiger charge is 2.32. The summed E-state index contributed by atoms with van der Waals surface area (Å²) in [5.41, 5.74) is 5.78. The van der Waals surface area contributed by atoms with Crippen LogP contribution in [0.4, 0.5) is 0 Å². The summed E-state index contributed by atoms with van der Waals surface area (Å²) in [4.78, 5) is 0. The van der Waals surface area contributed by atoms with Crippen molar-refractivity contribution in [3.8, 4) is 0 Å². The fourth-order valence-electron chi connectivity index (χ4n) is 2.08. The molecule has 4 heteroatoms. The highest BCUT2D eigenvalue weighted by Crippen LogP contribution is 2.33. The minimum absolute atomic E-state index is 0.127. The third kappa shape index (κ3) is 4.72. The zero-order chi connectivity index (χ0) is 11.1. The van der Waals surface area contributed by atoms with E-state index >= 15 is 0 Å². The molecule has 1 aliphatic carbocycles. The van der Waals surface area contributed by atoms with Gasteiger partial charge in [0.1, 0.15) is 0 Å². The third-order valence-electron chi connectivity index (χ3n) is 3.00. The minimum atomic E-state index is -0.308. The Morgan fingerprint density at radius 2 is 2.40 bits per heavy atom. The fourth-order valence-corrected chi connectivity index (χ4v) is 3.48. The minimum Gasteiger partial charge on any atom is -0.394 e. The van der Waals surface area contributed by atoms with Crippen molar-refractivity contribution in [2.45, 2.75) is 42.9 Å². The first-order valence-corrected chi connectivity index (χ1v) is 6.75. The van der Waals surface area contributed by atoms with E-state index in [0.717, 1.165) is 38.0 Å². The molecule has 0 radical (unpaired) electrons. The molecule has 1 rings (SSSR count). The lowest BCUT2D eigenvalue weighted by Gasteiger charge is -2.36. The molecule has 1 fully saturated rings. The number of aliphatic hydroxyl groups is 1. The van der Waals surface area contributed by atoms with E-state index in [1.165, 1.54) is 6.42 Å². The zero-order valence-corrected chi connectivity index (χ0v) is 10.4. The lowest BCUT2D eigenvalue weighted by Crippen LogP contribution is -2.48. The molecule has 0 heterocycles. The largest absolute Gasteiger partial charge is 0.394 e.